The van der Waals surface area contributed by atoms with Gasteiger partial charge in [0.15, 0.2) is 0 Å². The van der Waals surface area contributed by atoms with Crippen LogP contribution in [0.3, 0.4) is 0 Å². The number of ether oxygens (including phenoxy) is 2. The second kappa shape index (κ2) is 8.12. The minimum atomic E-state index is 0.110. The van der Waals surface area contributed by atoms with Gasteiger partial charge < -0.3 is 14.8 Å². The van der Waals surface area contributed by atoms with Crippen molar-refractivity contribution in [2.24, 2.45) is 5.92 Å². The predicted molar refractivity (Wildman–Crippen MR) is 77.5 cm³/mol. The van der Waals surface area contributed by atoms with Gasteiger partial charge in [-0.15, -0.1) is 0 Å². The highest BCUT2D eigenvalue weighted by atomic mass is 16.5. The number of nitrogens with zero attached hydrogens (tertiary/aromatic N) is 1. The molecule has 108 valence electrons. The first-order chi connectivity index (χ1) is 9.13. The molecule has 0 aliphatic carbocycles. The van der Waals surface area contributed by atoms with Crippen LogP contribution in [0.1, 0.15) is 39.3 Å². The third-order valence-corrected chi connectivity index (χ3v) is 3.09. The van der Waals surface area contributed by atoms with Crippen molar-refractivity contribution in [2.45, 2.75) is 39.8 Å². The Balaban J connectivity index is 3.00. The summed E-state index contributed by atoms with van der Waals surface area (Å²) in [7, 11) is 1.76. The number of methoxy groups -OCH3 is 1. The zero-order valence-corrected chi connectivity index (χ0v) is 12.6. The second-order valence-corrected chi connectivity index (χ2v) is 4.87. The molecule has 0 fully saturated rings. The molecule has 0 saturated heterocycles. The van der Waals surface area contributed by atoms with E-state index in [4.69, 9.17) is 9.47 Å². The highest BCUT2D eigenvalue weighted by molar-refractivity contribution is 5.27. The molecule has 0 aromatic carbocycles. The molecule has 1 aromatic heterocycles. The lowest BCUT2D eigenvalue weighted by Crippen LogP contribution is -2.36. The van der Waals surface area contributed by atoms with Crippen LogP contribution in [0.2, 0.25) is 0 Å². The number of hydrogen-bond donors (Lipinski definition) is 1. The summed E-state index contributed by atoms with van der Waals surface area (Å²) in [5, 5.41) is 3.48. The Hall–Kier alpha value is -1.13. The monoisotopic (exact) mass is 266 g/mol. The van der Waals surface area contributed by atoms with Crippen LogP contribution < -0.4 is 10.1 Å². The summed E-state index contributed by atoms with van der Waals surface area (Å²) in [4.78, 5) is 4.26. The quantitative estimate of drug-likeness (QED) is 0.785. The van der Waals surface area contributed by atoms with Crippen molar-refractivity contribution in [3.63, 3.8) is 0 Å². The van der Waals surface area contributed by atoms with Crippen molar-refractivity contribution in [2.75, 3.05) is 20.3 Å². The van der Waals surface area contributed by atoms with Gasteiger partial charge in [0, 0.05) is 13.3 Å². The minimum Gasteiger partial charge on any atom is -0.492 e. The topological polar surface area (TPSA) is 43.4 Å². The summed E-state index contributed by atoms with van der Waals surface area (Å²) >= 11 is 0. The maximum Gasteiger partial charge on any atom is 0.137 e. The molecule has 1 N–H and O–H groups in total. The van der Waals surface area contributed by atoms with Crippen molar-refractivity contribution < 1.29 is 9.47 Å². The van der Waals surface area contributed by atoms with Crippen LogP contribution in [0.5, 0.6) is 5.75 Å². The van der Waals surface area contributed by atoms with Gasteiger partial charge in [-0.25, -0.2) is 0 Å². The van der Waals surface area contributed by atoms with Gasteiger partial charge in [0.1, 0.15) is 5.75 Å². The first kappa shape index (κ1) is 15.9. The molecular weight excluding hydrogens is 240 g/mol. The first-order valence-electron chi connectivity index (χ1n) is 6.97. The summed E-state index contributed by atoms with van der Waals surface area (Å²) < 4.78 is 11.2. The minimum absolute atomic E-state index is 0.110. The van der Waals surface area contributed by atoms with E-state index in [-0.39, 0.29) is 12.1 Å². The fourth-order valence-electron chi connectivity index (χ4n) is 2.29. The van der Waals surface area contributed by atoms with E-state index in [2.05, 4.69) is 31.1 Å². The average molecular weight is 266 g/mol. The van der Waals surface area contributed by atoms with Crippen LogP contribution in [-0.4, -0.2) is 31.3 Å². The molecule has 0 saturated carbocycles. The normalized spacial score (nSPS) is 14.4. The fraction of sp³-hybridized carbons (Fsp3) is 0.667. The number of likely N-dealkylation sites (N-methyl/N-ethyl adjacent to an activating group) is 1. The SMILES string of the molecule is CCNC(c1cncc(OCC)c1)C(OC)C(C)C. The Morgan fingerprint density at radius 3 is 2.53 bits per heavy atom. The van der Waals surface area contributed by atoms with Crippen LogP contribution in [-0.2, 0) is 4.74 Å². The van der Waals surface area contributed by atoms with Crippen LogP contribution in [0.15, 0.2) is 18.5 Å². The Morgan fingerprint density at radius 1 is 1.26 bits per heavy atom. The molecule has 0 aliphatic heterocycles. The Labute approximate surface area is 116 Å². The van der Waals surface area contributed by atoms with Crippen LogP contribution in [0.25, 0.3) is 0 Å². The van der Waals surface area contributed by atoms with Crippen molar-refractivity contribution in [3.8, 4) is 5.75 Å². The molecule has 0 aliphatic rings. The smallest absolute Gasteiger partial charge is 0.137 e. The van der Waals surface area contributed by atoms with E-state index >= 15 is 0 Å². The third kappa shape index (κ3) is 4.48. The summed E-state index contributed by atoms with van der Waals surface area (Å²) in [6.07, 6.45) is 3.73. The van der Waals surface area contributed by atoms with Crippen LogP contribution in [0, 0.1) is 5.92 Å². The zero-order valence-electron chi connectivity index (χ0n) is 12.6. The maximum atomic E-state index is 5.65. The highest BCUT2D eigenvalue weighted by Gasteiger charge is 2.25. The maximum absolute atomic E-state index is 5.65. The number of pyridine rings is 1. The summed E-state index contributed by atoms with van der Waals surface area (Å²) in [6.45, 7) is 9.93. The molecule has 0 radical (unpaired) electrons. The molecule has 1 aromatic rings. The molecule has 2 atom stereocenters. The predicted octanol–water partition coefficient (Wildman–Crippen LogP) is 2.80. The largest absolute Gasteiger partial charge is 0.492 e. The molecule has 0 bridgehead atoms. The highest BCUT2D eigenvalue weighted by Crippen LogP contribution is 2.26. The molecule has 19 heavy (non-hydrogen) atoms. The zero-order chi connectivity index (χ0) is 14.3. The van der Waals surface area contributed by atoms with Gasteiger partial charge in [-0.3, -0.25) is 4.98 Å². The van der Waals surface area contributed by atoms with E-state index < -0.39 is 0 Å². The van der Waals surface area contributed by atoms with Crippen molar-refractivity contribution in [3.05, 3.63) is 24.0 Å². The Kier molecular flexibility index (Phi) is 6.81. The van der Waals surface area contributed by atoms with Crippen molar-refractivity contribution in [1.29, 1.82) is 0 Å². The number of aromatic nitrogens is 1. The number of rotatable bonds is 8. The van der Waals surface area contributed by atoms with Gasteiger partial charge in [0.25, 0.3) is 0 Å². The van der Waals surface area contributed by atoms with E-state index in [1.807, 2.05) is 19.2 Å². The lowest BCUT2D eigenvalue weighted by molar-refractivity contribution is 0.0329. The molecule has 1 heterocycles. The van der Waals surface area contributed by atoms with E-state index in [0.717, 1.165) is 17.9 Å². The molecule has 4 nitrogen and oxygen atoms in total. The number of nitrogens with one attached hydrogen (secondary N) is 1. The fourth-order valence-corrected chi connectivity index (χ4v) is 2.29. The lowest BCUT2D eigenvalue weighted by atomic mass is 9.94. The Bertz CT molecular complexity index is 369. The van der Waals surface area contributed by atoms with E-state index in [0.29, 0.717) is 12.5 Å². The van der Waals surface area contributed by atoms with Crippen LogP contribution >= 0.6 is 0 Å². The van der Waals surface area contributed by atoms with E-state index in [9.17, 15) is 0 Å². The number of hydrogen-bond acceptors (Lipinski definition) is 4. The van der Waals surface area contributed by atoms with Gasteiger partial charge in [0.2, 0.25) is 0 Å². The van der Waals surface area contributed by atoms with Gasteiger partial charge in [-0.2, -0.15) is 0 Å². The lowest BCUT2D eigenvalue weighted by Gasteiger charge is -2.30. The van der Waals surface area contributed by atoms with Crippen molar-refractivity contribution >= 4 is 0 Å². The summed E-state index contributed by atoms with van der Waals surface area (Å²) in [5.41, 5.74) is 1.10. The van der Waals surface area contributed by atoms with E-state index in [1.54, 1.807) is 13.3 Å². The van der Waals surface area contributed by atoms with Crippen LogP contribution in [0.4, 0.5) is 0 Å². The van der Waals surface area contributed by atoms with E-state index in [1.165, 1.54) is 0 Å². The standard InChI is InChI=1S/C15H26N2O2/c1-6-17-14(15(18-5)11(3)4)12-8-13(19-7-2)10-16-9-12/h8-11,14-15,17H,6-7H2,1-5H3. The first-order valence-corrected chi connectivity index (χ1v) is 6.97. The van der Waals surface area contributed by atoms with Gasteiger partial charge >= 0.3 is 0 Å². The summed E-state index contributed by atoms with van der Waals surface area (Å²) in [6, 6.07) is 2.17. The Morgan fingerprint density at radius 2 is 2.00 bits per heavy atom. The third-order valence-electron chi connectivity index (χ3n) is 3.09. The molecule has 1 rings (SSSR count). The average Bonchev–Trinajstić information content (AvgIpc) is 2.39. The molecule has 2 unspecified atom stereocenters. The van der Waals surface area contributed by atoms with Gasteiger partial charge in [0.05, 0.1) is 24.9 Å². The molecule has 4 heteroatoms. The summed E-state index contributed by atoms with van der Waals surface area (Å²) in [5.74, 6) is 1.23. The molecule has 0 amide bonds. The molecular formula is C15H26N2O2. The van der Waals surface area contributed by atoms with Gasteiger partial charge in [-0.05, 0) is 31.0 Å². The molecule has 0 spiro atoms. The van der Waals surface area contributed by atoms with Crippen molar-refractivity contribution in [1.82, 2.24) is 10.3 Å². The second-order valence-electron chi connectivity index (χ2n) is 4.87. The van der Waals surface area contributed by atoms with Gasteiger partial charge in [-0.1, -0.05) is 20.8 Å².